The normalized spacial score (nSPS) is 21.1. The zero-order valence-electron chi connectivity index (χ0n) is 27.8. The Morgan fingerprint density at radius 1 is 0.827 bits per heavy atom. The van der Waals surface area contributed by atoms with Gasteiger partial charge in [0.05, 0.1) is 6.61 Å². The van der Waals surface area contributed by atoms with Crippen molar-refractivity contribution in [3.05, 3.63) is 90.1 Å². The lowest BCUT2D eigenvalue weighted by atomic mass is 9.99. The molecule has 0 radical (unpaired) electrons. The average Bonchev–Trinajstić information content (AvgIpc) is 3.54. The standard InChI is InChI=1S/C36H41N5O11/c37-34(49)26(15-19-5-9-22(43)10-6-19)41-35(50)27(16-20-17-38-25-4-2-1-3-24(20)25)40-30(45)14-13-29(44)39-21-7-11-23(12-8-21)51-36-33(48)32(47)31(46)28(18-42)52-36/h1-12,17,26-28,31-33,36,38,42-43,46-48H,13-16,18H2,(H2,37,49)(H,39,44)(H,40,45)(H,41,50)/t26-,27-,28+,31+,32-,33+,36-/m0/s1. The van der Waals surface area contributed by atoms with Crippen molar-refractivity contribution in [3.63, 3.8) is 0 Å². The molecule has 16 nitrogen and oxygen atoms in total. The lowest BCUT2D eigenvalue weighted by Gasteiger charge is -2.39. The van der Waals surface area contributed by atoms with Crippen LogP contribution in [0.5, 0.6) is 11.5 Å². The topological polar surface area (TPSA) is 266 Å². The highest BCUT2D eigenvalue weighted by molar-refractivity contribution is 5.95. The lowest BCUT2D eigenvalue weighted by Crippen LogP contribution is -2.60. The van der Waals surface area contributed by atoms with Crippen molar-refractivity contribution in [1.29, 1.82) is 0 Å². The number of fused-ring (bicyclic) bond motifs is 1. The fourth-order valence-electron chi connectivity index (χ4n) is 5.73. The number of aromatic hydroxyl groups is 1. The number of ether oxygens (including phenoxy) is 2. The highest BCUT2D eigenvalue weighted by Crippen LogP contribution is 2.25. The fraction of sp³-hybridized carbons (Fsp3) is 0.333. The Balaban J connectivity index is 1.18. The van der Waals surface area contributed by atoms with Crippen LogP contribution < -0.4 is 26.4 Å². The van der Waals surface area contributed by atoms with E-state index in [4.69, 9.17) is 15.2 Å². The van der Waals surface area contributed by atoms with Gasteiger partial charge in [-0.05, 0) is 53.6 Å². The van der Waals surface area contributed by atoms with Crippen LogP contribution in [0.3, 0.4) is 0 Å². The number of hydrogen-bond acceptors (Lipinski definition) is 11. The van der Waals surface area contributed by atoms with Gasteiger partial charge in [-0.2, -0.15) is 0 Å². The van der Waals surface area contributed by atoms with E-state index in [-0.39, 0.29) is 37.2 Å². The Morgan fingerprint density at radius 2 is 1.52 bits per heavy atom. The van der Waals surface area contributed by atoms with E-state index < -0.39 is 73.0 Å². The molecule has 2 heterocycles. The summed E-state index contributed by atoms with van der Waals surface area (Å²) in [6.07, 6.45) is -5.90. The molecule has 52 heavy (non-hydrogen) atoms. The van der Waals surface area contributed by atoms with E-state index in [1.54, 1.807) is 18.3 Å². The quantitative estimate of drug-likeness (QED) is 0.0763. The second kappa shape index (κ2) is 17.1. The molecule has 0 bridgehead atoms. The number of aliphatic hydroxyl groups excluding tert-OH is 4. The third kappa shape index (κ3) is 9.62. The first-order valence-corrected chi connectivity index (χ1v) is 16.5. The number of aromatic nitrogens is 1. The first kappa shape index (κ1) is 37.7. The summed E-state index contributed by atoms with van der Waals surface area (Å²) in [5.41, 5.74) is 8.17. The van der Waals surface area contributed by atoms with Crippen molar-refractivity contribution in [3.8, 4) is 11.5 Å². The summed E-state index contributed by atoms with van der Waals surface area (Å²) in [5.74, 6) is -2.30. The molecule has 4 aromatic rings. The summed E-state index contributed by atoms with van der Waals surface area (Å²) in [6, 6.07) is 17.2. The number of aliphatic hydroxyl groups is 4. The number of hydrogen-bond donors (Lipinski definition) is 10. The molecule has 1 fully saturated rings. The predicted molar refractivity (Wildman–Crippen MR) is 186 cm³/mol. The zero-order valence-corrected chi connectivity index (χ0v) is 27.8. The SMILES string of the molecule is NC(=O)[C@H](Cc1ccc(O)cc1)NC(=O)[C@H](Cc1c[nH]c2ccccc12)NC(=O)CCC(=O)Nc1ccc(O[C@H]2O[C@H](CO)[C@@H](O)[C@H](O)[C@H]2O)cc1. The van der Waals surface area contributed by atoms with Crippen molar-refractivity contribution in [2.45, 2.75) is 68.5 Å². The number of benzene rings is 3. The van der Waals surface area contributed by atoms with Crippen LogP contribution in [0.15, 0.2) is 79.0 Å². The Morgan fingerprint density at radius 3 is 2.21 bits per heavy atom. The summed E-state index contributed by atoms with van der Waals surface area (Å²) in [4.78, 5) is 54.9. The number of para-hydroxylation sites is 1. The van der Waals surface area contributed by atoms with Crippen LogP contribution in [0.2, 0.25) is 0 Å². The number of primary amides is 1. The molecule has 0 unspecified atom stereocenters. The van der Waals surface area contributed by atoms with Gasteiger partial charge in [-0.15, -0.1) is 0 Å². The smallest absolute Gasteiger partial charge is 0.243 e. The minimum Gasteiger partial charge on any atom is -0.508 e. The molecule has 1 aliphatic rings. The number of rotatable bonds is 15. The van der Waals surface area contributed by atoms with Crippen LogP contribution in [-0.2, 0) is 36.8 Å². The molecule has 0 aliphatic carbocycles. The first-order valence-electron chi connectivity index (χ1n) is 16.5. The second-order valence-electron chi connectivity index (χ2n) is 12.4. The van der Waals surface area contributed by atoms with Crippen molar-refractivity contribution >= 4 is 40.2 Å². The molecule has 11 N–H and O–H groups in total. The van der Waals surface area contributed by atoms with Gasteiger partial charge in [-0.25, -0.2) is 0 Å². The van der Waals surface area contributed by atoms with Crippen LogP contribution >= 0.6 is 0 Å². The highest BCUT2D eigenvalue weighted by atomic mass is 16.7. The van der Waals surface area contributed by atoms with Gasteiger partial charge in [0.2, 0.25) is 29.9 Å². The van der Waals surface area contributed by atoms with Gasteiger partial charge in [0, 0.05) is 48.5 Å². The van der Waals surface area contributed by atoms with Crippen LogP contribution in [0, 0.1) is 0 Å². The van der Waals surface area contributed by atoms with Gasteiger partial charge < -0.3 is 61.7 Å². The minimum absolute atomic E-state index is 0.0382. The number of aromatic amines is 1. The molecule has 1 aliphatic heterocycles. The minimum atomic E-state index is -1.60. The molecule has 1 saturated heterocycles. The van der Waals surface area contributed by atoms with Crippen LogP contribution in [0.4, 0.5) is 5.69 Å². The Kier molecular flexibility index (Phi) is 12.4. The van der Waals surface area contributed by atoms with E-state index >= 15 is 0 Å². The number of carbonyl (C=O) groups is 4. The summed E-state index contributed by atoms with van der Waals surface area (Å²) in [5, 5.41) is 57.9. The highest BCUT2D eigenvalue weighted by Gasteiger charge is 2.44. The van der Waals surface area contributed by atoms with E-state index in [0.29, 0.717) is 11.3 Å². The molecule has 0 spiro atoms. The van der Waals surface area contributed by atoms with E-state index in [0.717, 1.165) is 16.5 Å². The third-order valence-electron chi connectivity index (χ3n) is 8.60. The molecule has 16 heteroatoms. The Bertz CT molecular complexity index is 1850. The number of nitrogens with one attached hydrogen (secondary N) is 4. The number of phenols is 1. The van der Waals surface area contributed by atoms with E-state index in [1.165, 1.54) is 36.4 Å². The molecule has 0 saturated carbocycles. The molecule has 276 valence electrons. The summed E-state index contributed by atoms with van der Waals surface area (Å²) in [6.45, 7) is -0.608. The average molecular weight is 720 g/mol. The number of amides is 4. The third-order valence-corrected chi connectivity index (χ3v) is 8.60. The molecule has 5 rings (SSSR count). The van der Waals surface area contributed by atoms with Crippen LogP contribution in [-0.4, -0.2) is 104 Å². The first-order chi connectivity index (χ1) is 24.9. The summed E-state index contributed by atoms with van der Waals surface area (Å²) >= 11 is 0. The van der Waals surface area contributed by atoms with Gasteiger partial charge in [-0.3, -0.25) is 19.2 Å². The molecule has 3 aromatic carbocycles. The van der Waals surface area contributed by atoms with E-state index in [9.17, 15) is 44.7 Å². The Labute approximate surface area is 297 Å². The maximum Gasteiger partial charge on any atom is 0.243 e. The summed E-state index contributed by atoms with van der Waals surface area (Å²) in [7, 11) is 0. The van der Waals surface area contributed by atoms with Gasteiger partial charge in [-0.1, -0.05) is 30.3 Å². The zero-order chi connectivity index (χ0) is 37.4. The Hall–Kier alpha value is -5.52. The van der Waals surface area contributed by atoms with Gasteiger partial charge in [0.25, 0.3) is 0 Å². The maximum atomic E-state index is 13.6. The second-order valence-corrected chi connectivity index (χ2v) is 12.4. The number of carbonyl (C=O) groups excluding carboxylic acids is 4. The number of anilines is 1. The van der Waals surface area contributed by atoms with Crippen molar-refractivity contribution < 1.29 is 54.2 Å². The lowest BCUT2D eigenvalue weighted by molar-refractivity contribution is -0.277. The van der Waals surface area contributed by atoms with Crippen molar-refractivity contribution in [2.24, 2.45) is 5.73 Å². The maximum absolute atomic E-state index is 13.6. The number of nitrogens with two attached hydrogens (primary N) is 1. The molecular formula is C36H41N5O11. The van der Waals surface area contributed by atoms with Gasteiger partial charge in [0.15, 0.2) is 0 Å². The number of phenolic OH excluding ortho intramolecular Hbond substituents is 1. The molecular weight excluding hydrogens is 678 g/mol. The molecule has 7 atom stereocenters. The fourth-order valence-corrected chi connectivity index (χ4v) is 5.73. The monoisotopic (exact) mass is 719 g/mol. The number of H-pyrrole nitrogens is 1. The molecule has 4 amide bonds. The van der Waals surface area contributed by atoms with Crippen molar-refractivity contribution in [2.75, 3.05) is 11.9 Å². The van der Waals surface area contributed by atoms with Gasteiger partial charge >= 0.3 is 0 Å². The van der Waals surface area contributed by atoms with Crippen molar-refractivity contribution in [1.82, 2.24) is 15.6 Å². The predicted octanol–water partition coefficient (Wildman–Crippen LogP) is -0.289. The van der Waals surface area contributed by atoms with Crippen LogP contribution in [0.25, 0.3) is 10.9 Å². The van der Waals surface area contributed by atoms with E-state index in [2.05, 4.69) is 20.9 Å². The molecule has 1 aromatic heterocycles. The summed E-state index contributed by atoms with van der Waals surface area (Å²) < 4.78 is 10.9. The van der Waals surface area contributed by atoms with Crippen LogP contribution in [0.1, 0.15) is 24.0 Å². The van der Waals surface area contributed by atoms with E-state index in [1.807, 2.05) is 24.3 Å². The van der Waals surface area contributed by atoms with Gasteiger partial charge in [0.1, 0.15) is 48.0 Å². The largest absolute Gasteiger partial charge is 0.508 e.